The molecule has 0 saturated carbocycles. The van der Waals surface area contributed by atoms with E-state index in [1.807, 2.05) is 0 Å². The largest absolute Gasteiger partial charge is 0.493 e. The molecule has 0 bridgehead atoms. The molecule has 0 unspecified atom stereocenters. The molecule has 4 rings (SSSR count). The van der Waals surface area contributed by atoms with Crippen LogP contribution in [0.4, 0.5) is 4.39 Å². The summed E-state index contributed by atoms with van der Waals surface area (Å²) in [5.74, 6) is 0.874. The Labute approximate surface area is 195 Å². The number of sulfonamides is 1. The second kappa shape index (κ2) is 10.3. The number of rotatable bonds is 7. The van der Waals surface area contributed by atoms with Crippen LogP contribution >= 0.6 is 0 Å². The van der Waals surface area contributed by atoms with Gasteiger partial charge >= 0.3 is 0 Å². The Bertz CT molecular complexity index is 1050. The fourth-order valence-electron chi connectivity index (χ4n) is 4.65. The summed E-state index contributed by atoms with van der Waals surface area (Å²) in [5.41, 5.74) is 0. The lowest BCUT2D eigenvalue weighted by Gasteiger charge is -2.41. The summed E-state index contributed by atoms with van der Waals surface area (Å²) in [6.07, 6.45) is 3.23. The van der Waals surface area contributed by atoms with Gasteiger partial charge in [-0.15, -0.1) is 0 Å². The molecular formula is C24H31FN2O5S. The van der Waals surface area contributed by atoms with Gasteiger partial charge in [0, 0.05) is 38.3 Å². The minimum atomic E-state index is -3.60. The van der Waals surface area contributed by atoms with Crippen LogP contribution in [0.15, 0.2) is 47.4 Å². The van der Waals surface area contributed by atoms with Gasteiger partial charge in [0.1, 0.15) is 6.10 Å². The van der Waals surface area contributed by atoms with E-state index in [4.69, 9.17) is 14.2 Å². The van der Waals surface area contributed by atoms with E-state index in [0.717, 1.165) is 38.8 Å². The summed E-state index contributed by atoms with van der Waals surface area (Å²) in [6.45, 7) is 2.69. The highest BCUT2D eigenvalue weighted by atomic mass is 32.2. The van der Waals surface area contributed by atoms with Crippen molar-refractivity contribution in [3.8, 4) is 17.2 Å². The van der Waals surface area contributed by atoms with Crippen LogP contribution in [-0.4, -0.2) is 70.2 Å². The van der Waals surface area contributed by atoms with Gasteiger partial charge < -0.3 is 19.1 Å². The van der Waals surface area contributed by atoms with E-state index in [0.29, 0.717) is 36.4 Å². The van der Waals surface area contributed by atoms with Crippen molar-refractivity contribution >= 4 is 10.0 Å². The first kappa shape index (κ1) is 23.8. The lowest BCUT2D eigenvalue weighted by molar-refractivity contribution is 0.0568. The van der Waals surface area contributed by atoms with Crippen molar-refractivity contribution in [2.75, 3.05) is 40.4 Å². The molecular weight excluding hydrogens is 447 g/mol. The number of para-hydroxylation sites is 1. The third-order valence-corrected chi connectivity index (χ3v) is 8.43. The SMILES string of the molecule is COc1ccc(S(=O)(=O)N2CCC(N3CCC(Oc4ccccc4F)CC3)CC2)cc1OC. The molecule has 0 radical (unpaired) electrons. The molecule has 2 aromatic rings. The Morgan fingerprint density at radius 1 is 0.848 bits per heavy atom. The van der Waals surface area contributed by atoms with Crippen molar-refractivity contribution in [1.82, 2.24) is 9.21 Å². The molecule has 2 heterocycles. The van der Waals surface area contributed by atoms with E-state index in [2.05, 4.69) is 4.90 Å². The predicted molar refractivity (Wildman–Crippen MR) is 123 cm³/mol. The van der Waals surface area contributed by atoms with Crippen LogP contribution in [0, 0.1) is 5.82 Å². The van der Waals surface area contributed by atoms with Gasteiger partial charge in [-0.05, 0) is 49.9 Å². The third kappa shape index (κ3) is 5.26. The summed E-state index contributed by atoms with van der Waals surface area (Å²) in [4.78, 5) is 2.63. The summed E-state index contributed by atoms with van der Waals surface area (Å²) in [6, 6.07) is 11.5. The summed E-state index contributed by atoms with van der Waals surface area (Å²) < 4.78 is 58.0. The lowest BCUT2D eigenvalue weighted by Crippen LogP contribution is -2.50. The summed E-state index contributed by atoms with van der Waals surface area (Å²) in [5, 5.41) is 0. The summed E-state index contributed by atoms with van der Waals surface area (Å²) in [7, 11) is -0.588. The molecule has 2 fully saturated rings. The molecule has 2 aliphatic rings. The monoisotopic (exact) mass is 478 g/mol. The number of methoxy groups -OCH3 is 2. The molecule has 33 heavy (non-hydrogen) atoms. The number of hydrogen-bond acceptors (Lipinski definition) is 6. The highest BCUT2D eigenvalue weighted by Gasteiger charge is 2.34. The minimum absolute atomic E-state index is 0.00340. The first-order valence-corrected chi connectivity index (χ1v) is 12.7. The van der Waals surface area contributed by atoms with E-state index >= 15 is 0 Å². The molecule has 0 aliphatic carbocycles. The second-order valence-electron chi connectivity index (χ2n) is 8.44. The maximum atomic E-state index is 13.8. The van der Waals surface area contributed by atoms with Crippen LogP contribution in [0.2, 0.25) is 0 Å². The minimum Gasteiger partial charge on any atom is -0.493 e. The molecule has 180 valence electrons. The number of nitrogens with zero attached hydrogens (tertiary/aromatic N) is 2. The first-order chi connectivity index (χ1) is 15.9. The zero-order valence-corrected chi connectivity index (χ0v) is 19.9. The zero-order valence-electron chi connectivity index (χ0n) is 19.1. The maximum Gasteiger partial charge on any atom is 0.243 e. The molecule has 0 spiro atoms. The number of likely N-dealkylation sites (tertiary alicyclic amines) is 1. The van der Waals surface area contributed by atoms with Crippen LogP contribution in [0.5, 0.6) is 17.2 Å². The van der Waals surface area contributed by atoms with Crippen LogP contribution in [0.3, 0.4) is 0 Å². The maximum absolute atomic E-state index is 13.8. The number of hydrogen-bond donors (Lipinski definition) is 0. The molecule has 2 aliphatic heterocycles. The molecule has 0 atom stereocenters. The van der Waals surface area contributed by atoms with E-state index < -0.39 is 10.0 Å². The van der Waals surface area contributed by atoms with Crippen LogP contribution < -0.4 is 14.2 Å². The smallest absolute Gasteiger partial charge is 0.243 e. The van der Waals surface area contributed by atoms with Crippen molar-refractivity contribution in [3.05, 3.63) is 48.3 Å². The van der Waals surface area contributed by atoms with Gasteiger partial charge in [-0.1, -0.05) is 12.1 Å². The Hall–Kier alpha value is -2.36. The molecule has 2 aromatic carbocycles. The molecule has 0 N–H and O–H groups in total. The average molecular weight is 479 g/mol. The Morgan fingerprint density at radius 3 is 2.15 bits per heavy atom. The quantitative estimate of drug-likeness (QED) is 0.607. The van der Waals surface area contributed by atoms with Gasteiger partial charge in [-0.2, -0.15) is 4.31 Å². The van der Waals surface area contributed by atoms with Crippen molar-refractivity contribution in [2.24, 2.45) is 0 Å². The van der Waals surface area contributed by atoms with Crippen molar-refractivity contribution in [2.45, 2.75) is 42.7 Å². The Balaban J connectivity index is 1.31. The zero-order chi connectivity index (χ0) is 23.4. The third-order valence-electron chi connectivity index (χ3n) is 6.54. The highest BCUT2D eigenvalue weighted by Crippen LogP contribution is 2.32. The summed E-state index contributed by atoms with van der Waals surface area (Å²) >= 11 is 0. The van der Waals surface area contributed by atoms with Crippen molar-refractivity contribution in [3.63, 3.8) is 0 Å². The van der Waals surface area contributed by atoms with Crippen molar-refractivity contribution < 1.29 is 27.0 Å². The molecule has 7 nitrogen and oxygen atoms in total. The van der Waals surface area contributed by atoms with Gasteiger partial charge in [0.15, 0.2) is 23.1 Å². The van der Waals surface area contributed by atoms with E-state index in [-0.39, 0.29) is 16.8 Å². The predicted octanol–water partition coefficient (Wildman–Crippen LogP) is 3.54. The fraction of sp³-hybridized carbons (Fsp3) is 0.500. The molecule has 0 aromatic heterocycles. The topological polar surface area (TPSA) is 68.3 Å². The first-order valence-electron chi connectivity index (χ1n) is 11.3. The standard InChI is InChI=1S/C24H31FN2O5S/c1-30-23-8-7-20(17-24(23)31-2)33(28,29)27-15-9-18(10-16-27)26-13-11-19(12-14-26)32-22-6-4-3-5-21(22)25/h3-8,17-19H,9-16H2,1-2H3. The van der Waals surface area contributed by atoms with E-state index in [1.54, 1.807) is 34.6 Å². The van der Waals surface area contributed by atoms with E-state index in [1.165, 1.54) is 26.4 Å². The van der Waals surface area contributed by atoms with Gasteiger partial charge in [0.05, 0.1) is 19.1 Å². The van der Waals surface area contributed by atoms with Gasteiger partial charge in [0.25, 0.3) is 0 Å². The average Bonchev–Trinajstić information content (AvgIpc) is 2.85. The van der Waals surface area contributed by atoms with Crippen LogP contribution in [-0.2, 0) is 10.0 Å². The van der Waals surface area contributed by atoms with Gasteiger partial charge in [0.2, 0.25) is 10.0 Å². The fourth-order valence-corrected chi connectivity index (χ4v) is 6.14. The normalized spacial score (nSPS) is 19.4. The number of piperidine rings is 2. The van der Waals surface area contributed by atoms with Crippen LogP contribution in [0.1, 0.15) is 25.7 Å². The molecule has 0 amide bonds. The number of benzene rings is 2. The second-order valence-corrected chi connectivity index (χ2v) is 10.4. The van der Waals surface area contributed by atoms with Gasteiger partial charge in [-0.25, -0.2) is 12.8 Å². The highest BCUT2D eigenvalue weighted by molar-refractivity contribution is 7.89. The van der Waals surface area contributed by atoms with E-state index in [9.17, 15) is 12.8 Å². The molecule has 2 saturated heterocycles. The van der Waals surface area contributed by atoms with Crippen molar-refractivity contribution in [1.29, 1.82) is 0 Å². The number of halogens is 1. The van der Waals surface area contributed by atoms with Crippen LogP contribution in [0.25, 0.3) is 0 Å². The Morgan fingerprint density at radius 2 is 1.52 bits per heavy atom. The Kier molecular flexibility index (Phi) is 7.41. The van der Waals surface area contributed by atoms with Gasteiger partial charge in [-0.3, -0.25) is 0 Å². The lowest BCUT2D eigenvalue weighted by atomic mass is 10.00. The number of ether oxygens (including phenoxy) is 3. The molecule has 9 heteroatoms.